The molecule has 2 rings (SSSR count). The van der Waals surface area contributed by atoms with Gasteiger partial charge in [0.05, 0.1) is 12.1 Å². The van der Waals surface area contributed by atoms with Gasteiger partial charge >= 0.3 is 0 Å². The maximum absolute atomic E-state index is 13.0. The van der Waals surface area contributed by atoms with E-state index in [0.29, 0.717) is 11.6 Å². The molecule has 2 aromatic carbocycles. The van der Waals surface area contributed by atoms with Crippen LogP contribution >= 0.6 is 11.6 Å². The minimum atomic E-state index is -0.351. The van der Waals surface area contributed by atoms with Crippen LogP contribution in [-0.2, 0) is 6.54 Å². The summed E-state index contributed by atoms with van der Waals surface area (Å²) in [6.07, 6.45) is 0. The van der Waals surface area contributed by atoms with E-state index in [0.717, 1.165) is 22.4 Å². The van der Waals surface area contributed by atoms with Crippen LogP contribution in [0.25, 0.3) is 11.1 Å². The molecule has 2 nitrogen and oxygen atoms in total. The van der Waals surface area contributed by atoms with Crippen LogP contribution in [0.1, 0.15) is 5.56 Å². The molecule has 0 spiro atoms. The molecule has 0 aromatic heterocycles. The van der Waals surface area contributed by atoms with Gasteiger partial charge in [-0.3, -0.25) is 0 Å². The molecular formula is C14H13ClFNO. The lowest BCUT2D eigenvalue weighted by molar-refractivity contribution is 0.410. The monoisotopic (exact) mass is 265 g/mol. The summed E-state index contributed by atoms with van der Waals surface area (Å²) >= 11 is 6.03. The van der Waals surface area contributed by atoms with Crippen molar-refractivity contribution in [3.63, 3.8) is 0 Å². The highest BCUT2D eigenvalue weighted by Crippen LogP contribution is 2.31. The molecule has 0 atom stereocenters. The van der Waals surface area contributed by atoms with Crippen molar-refractivity contribution >= 4 is 11.6 Å². The van der Waals surface area contributed by atoms with Crippen LogP contribution in [0.3, 0.4) is 0 Å². The van der Waals surface area contributed by atoms with Crippen molar-refractivity contribution in [2.75, 3.05) is 7.11 Å². The summed E-state index contributed by atoms with van der Waals surface area (Å²) in [5, 5.41) is 0.378. The van der Waals surface area contributed by atoms with Crippen molar-refractivity contribution in [1.29, 1.82) is 0 Å². The Morgan fingerprint density at radius 3 is 2.61 bits per heavy atom. The third kappa shape index (κ3) is 2.47. The maximum Gasteiger partial charge on any atom is 0.124 e. The fourth-order valence-electron chi connectivity index (χ4n) is 1.83. The second-order valence-electron chi connectivity index (χ2n) is 3.85. The van der Waals surface area contributed by atoms with Gasteiger partial charge in [0.25, 0.3) is 0 Å². The van der Waals surface area contributed by atoms with E-state index in [9.17, 15) is 4.39 Å². The Bertz CT molecular complexity index is 572. The number of hydrogen-bond donors (Lipinski definition) is 1. The molecule has 0 saturated heterocycles. The molecule has 0 heterocycles. The standard InChI is InChI=1S/C14H13ClFNO/c1-18-14-5-2-9(6-10(14)8-17)12-4-3-11(16)7-13(12)15/h2-7H,8,17H2,1H3. The second kappa shape index (κ2) is 5.38. The van der Waals surface area contributed by atoms with E-state index in [1.807, 2.05) is 18.2 Å². The second-order valence-corrected chi connectivity index (χ2v) is 4.26. The summed E-state index contributed by atoms with van der Waals surface area (Å²) in [4.78, 5) is 0. The molecule has 0 amide bonds. The molecular weight excluding hydrogens is 253 g/mol. The van der Waals surface area contributed by atoms with E-state index in [-0.39, 0.29) is 5.82 Å². The van der Waals surface area contributed by atoms with Crippen molar-refractivity contribution in [2.24, 2.45) is 5.73 Å². The molecule has 4 heteroatoms. The predicted molar refractivity (Wildman–Crippen MR) is 71.3 cm³/mol. The first kappa shape index (κ1) is 12.9. The van der Waals surface area contributed by atoms with Gasteiger partial charge in [-0.25, -0.2) is 4.39 Å². The number of ether oxygens (including phenoxy) is 1. The third-order valence-corrected chi connectivity index (χ3v) is 3.06. The van der Waals surface area contributed by atoms with E-state index >= 15 is 0 Å². The van der Waals surface area contributed by atoms with Crippen LogP contribution < -0.4 is 10.5 Å². The molecule has 0 aliphatic carbocycles. The van der Waals surface area contributed by atoms with E-state index in [4.69, 9.17) is 22.1 Å². The molecule has 0 bridgehead atoms. The van der Waals surface area contributed by atoms with E-state index in [1.54, 1.807) is 13.2 Å². The maximum atomic E-state index is 13.0. The molecule has 2 N–H and O–H groups in total. The largest absolute Gasteiger partial charge is 0.496 e. The Morgan fingerprint density at radius 1 is 1.22 bits per heavy atom. The Kier molecular flexibility index (Phi) is 3.84. The van der Waals surface area contributed by atoms with Crippen LogP contribution in [-0.4, -0.2) is 7.11 Å². The molecule has 0 fully saturated rings. The number of nitrogens with two attached hydrogens (primary N) is 1. The van der Waals surface area contributed by atoms with E-state index in [1.165, 1.54) is 12.1 Å². The zero-order valence-electron chi connectivity index (χ0n) is 9.91. The number of halogens is 2. The topological polar surface area (TPSA) is 35.2 Å². The normalized spacial score (nSPS) is 10.4. The zero-order chi connectivity index (χ0) is 13.1. The van der Waals surface area contributed by atoms with Gasteiger partial charge in [-0.05, 0) is 35.9 Å². The number of benzene rings is 2. The van der Waals surface area contributed by atoms with Crippen LogP contribution in [0.5, 0.6) is 5.75 Å². The minimum absolute atomic E-state index is 0.351. The molecule has 0 aliphatic rings. The van der Waals surface area contributed by atoms with Gasteiger partial charge in [-0.1, -0.05) is 17.7 Å². The molecule has 18 heavy (non-hydrogen) atoms. The SMILES string of the molecule is COc1ccc(-c2ccc(F)cc2Cl)cc1CN. The van der Waals surface area contributed by atoms with Crippen molar-refractivity contribution in [2.45, 2.75) is 6.54 Å². The molecule has 0 saturated carbocycles. The van der Waals surface area contributed by atoms with Crippen LogP contribution in [0, 0.1) is 5.82 Å². The minimum Gasteiger partial charge on any atom is -0.496 e. The number of methoxy groups -OCH3 is 1. The zero-order valence-corrected chi connectivity index (χ0v) is 10.7. The lowest BCUT2D eigenvalue weighted by Gasteiger charge is -2.10. The lowest BCUT2D eigenvalue weighted by Crippen LogP contribution is -2.00. The Balaban J connectivity index is 2.51. The van der Waals surface area contributed by atoms with Gasteiger partial charge in [0.15, 0.2) is 0 Å². The first-order valence-corrected chi connectivity index (χ1v) is 5.86. The lowest BCUT2D eigenvalue weighted by atomic mass is 10.0. The third-order valence-electron chi connectivity index (χ3n) is 2.74. The first-order valence-electron chi connectivity index (χ1n) is 5.48. The van der Waals surface area contributed by atoms with E-state index in [2.05, 4.69) is 0 Å². The van der Waals surface area contributed by atoms with Crippen molar-refractivity contribution < 1.29 is 9.13 Å². The highest BCUT2D eigenvalue weighted by molar-refractivity contribution is 6.33. The average molecular weight is 266 g/mol. The quantitative estimate of drug-likeness (QED) is 0.920. The first-order chi connectivity index (χ1) is 8.65. The van der Waals surface area contributed by atoms with Crippen LogP contribution in [0.4, 0.5) is 4.39 Å². The smallest absolute Gasteiger partial charge is 0.124 e. The van der Waals surface area contributed by atoms with Gasteiger partial charge in [0.2, 0.25) is 0 Å². The summed E-state index contributed by atoms with van der Waals surface area (Å²) in [6.45, 7) is 0.371. The molecule has 0 unspecified atom stereocenters. The van der Waals surface area contributed by atoms with Gasteiger partial charge in [-0.2, -0.15) is 0 Å². The van der Waals surface area contributed by atoms with Crippen molar-refractivity contribution in [3.8, 4) is 16.9 Å². The number of hydrogen-bond acceptors (Lipinski definition) is 2. The van der Waals surface area contributed by atoms with Crippen molar-refractivity contribution in [1.82, 2.24) is 0 Å². The highest BCUT2D eigenvalue weighted by atomic mass is 35.5. The summed E-state index contributed by atoms with van der Waals surface area (Å²) in [5.41, 5.74) is 8.21. The van der Waals surface area contributed by atoms with Crippen LogP contribution in [0.15, 0.2) is 36.4 Å². The van der Waals surface area contributed by atoms with Gasteiger partial charge in [0.1, 0.15) is 11.6 Å². The van der Waals surface area contributed by atoms with E-state index < -0.39 is 0 Å². The van der Waals surface area contributed by atoms with Gasteiger partial charge in [-0.15, -0.1) is 0 Å². The molecule has 0 aliphatic heterocycles. The highest BCUT2D eigenvalue weighted by Gasteiger charge is 2.08. The fraction of sp³-hybridized carbons (Fsp3) is 0.143. The molecule has 2 aromatic rings. The Labute approximate surface area is 110 Å². The molecule has 0 radical (unpaired) electrons. The fourth-order valence-corrected chi connectivity index (χ4v) is 2.11. The average Bonchev–Trinajstić information content (AvgIpc) is 2.38. The summed E-state index contributed by atoms with van der Waals surface area (Å²) in [5.74, 6) is 0.385. The summed E-state index contributed by atoms with van der Waals surface area (Å²) < 4.78 is 18.2. The van der Waals surface area contributed by atoms with Crippen LogP contribution in [0.2, 0.25) is 5.02 Å². The Morgan fingerprint density at radius 2 is 2.00 bits per heavy atom. The van der Waals surface area contributed by atoms with Gasteiger partial charge < -0.3 is 10.5 Å². The Hall–Kier alpha value is -1.58. The van der Waals surface area contributed by atoms with Crippen molar-refractivity contribution in [3.05, 3.63) is 52.8 Å². The predicted octanol–water partition coefficient (Wildman–Crippen LogP) is 3.61. The summed E-state index contributed by atoms with van der Waals surface area (Å²) in [6, 6.07) is 9.93. The number of rotatable bonds is 3. The van der Waals surface area contributed by atoms with Gasteiger partial charge in [0, 0.05) is 17.7 Å². The molecule has 94 valence electrons. The summed E-state index contributed by atoms with van der Waals surface area (Å²) in [7, 11) is 1.60.